The van der Waals surface area contributed by atoms with E-state index in [9.17, 15) is 0 Å². The molecule has 1 atom stereocenters. The molecule has 4 heteroatoms. The van der Waals surface area contributed by atoms with Crippen molar-refractivity contribution in [1.82, 2.24) is 15.1 Å². The molecule has 1 N–H and O–H groups in total. The van der Waals surface area contributed by atoms with Crippen molar-refractivity contribution in [3.63, 3.8) is 0 Å². The standard InChI is InChI=1S/C13H24ClN3/c1-4-9-15-11(5-2)7-8-13-12(14)10-16-17(13)6-3/h10-11,15H,4-9H2,1-3H3. The molecule has 0 radical (unpaired) electrons. The zero-order valence-electron chi connectivity index (χ0n) is 11.2. The molecule has 1 heterocycles. The van der Waals surface area contributed by atoms with Gasteiger partial charge in [-0.1, -0.05) is 25.4 Å². The monoisotopic (exact) mass is 257 g/mol. The van der Waals surface area contributed by atoms with Crippen LogP contribution < -0.4 is 5.32 Å². The summed E-state index contributed by atoms with van der Waals surface area (Å²) < 4.78 is 1.99. The first-order valence-electron chi connectivity index (χ1n) is 6.66. The maximum absolute atomic E-state index is 6.15. The Morgan fingerprint density at radius 1 is 1.41 bits per heavy atom. The predicted octanol–water partition coefficient (Wildman–Crippen LogP) is 3.27. The molecule has 0 aliphatic rings. The zero-order valence-corrected chi connectivity index (χ0v) is 11.9. The second kappa shape index (κ2) is 7.72. The second-order valence-electron chi connectivity index (χ2n) is 4.35. The maximum atomic E-state index is 6.15. The first-order chi connectivity index (χ1) is 8.22. The number of nitrogens with one attached hydrogen (secondary N) is 1. The summed E-state index contributed by atoms with van der Waals surface area (Å²) >= 11 is 6.15. The minimum absolute atomic E-state index is 0.589. The van der Waals surface area contributed by atoms with E-state index in [1.54, 1.807) is 6.20 Å². The third kappa shape index (κ3) is 4.32. The molecular formula is C13H24ClN3. The third-order valence-electron chi connectivity index (χ3n) is 3.10. The smallest absolute Gasteiger partial charge is 0.0817 e. The Bertz CT molecular complexity index is 322. The Kier molecular flexibility index (Phi) is 6.60. The van der Waals surface area contributed by atoms with Gasteiger partial charge in [0.2, 0.25) is 0 Å². The van der Waals surface area contributed by atoms with Crippen LogP contribution in [0.2, 0.25) is 5.02 Å². The van der Waals surface area contributed by atoms with E-state index in [-0.39, 0.29) is 0 Å². The number of aromatic nitrogens is 2. The van der Waals surface area contributed by atoms with Crippen molar-refractivity contribution >= 4 is 11.6 Å². The normalized spacial score (nSPS) is 12.9. The van der Waals surface area contributed by atoms with Crippen LogP contribution in [-0.2, 0) is 13.0 Å². The van der Waals surface area contributed by atoms with Gasteiger partial charge in [-0.05, 0) is 39.2 Å². The van der Waals surface area contributed by atoms with Crippen molar-refractivity contribution in [2.45, 2.75) is 59.0 Å². The molecule has 1 rings (SSSR count). The van der Waals surface area contributed by atoms with Gasteiger partial charge in [0, 0.05) is 12.6 Å². The Morgan fingerprint density at radius 3 is 2.76 bits per heavy atom. The largest absolute Gasteiger partial charge is 0.314 e. The molecule has 0 saturated heterocycles. The fourth-order valence-electron chi connectivity index (χ4n) is 2.02. The van der Waals surface area contributed by atoms with E-state index in [0.717, 1.165) is 37.4 Å². The Hall–Kier alpha value is -0.540. The van der Waals surface area contributed by atoms with Crippen LogP contribution in [0.15, 0.2) is 6.20 Å². The summed E-state index contributed by atoms with van der Waals surface area (Å²) in [5.74, 6) is 0. The van der Waals surface area contributed by atoms with Crippen molar-refractivity contribution in [2.75, 3.05) is 6.54 Å². The van der Waals surface area contributed by atoms with Gasteiger partial charge in [0.1, 0.15) is 0 Å². The van der Waals surface area contributed by atoms with Crippen molar-refractivity contribution in [3.8, 4) is 0 Å². The highest BCUT2D eigenvalue weighted by molar-refractivity contribution is 6.31. The van der Waals surface area contributed by atoms with Gasteiger partial charge in [-0.15, -0.1) is 0 Å². The predicted molar refractivity (Wildman–Crippen MR) is 73.6 cm³/mol. The molecule has 3 nitrogen and oxygen atoms in total. The second-order valence-corrected chi connectivity index (χ2v) is 4.76. The third-order valence-corrected chi connectivity index (χ3v) is 3.42. The maximum Gasteiger partial charge on any atom is 0.0817 e. The lowest BCUT2D eigenvalue weighted by atomic mass is 10.1. The molecule has 0 spiro atoms. The molecule has 98 valence electrons. The van der Waals surface area contributed by atoms with Crippen LogP contribution in [0.5, 0.6) is 0 Å². The lowest BCUT2D eigenvalue weighted by Crippen LogP contribution is -2.29. The molecule has 17 heavy (non-hydrogen) atoms. The van der Waals surface area contributed by atoms with E-state index in [2.05, 4.69) is 31.2 Å². The van der Waals surface area contributed by atoms with Crippen LogP contribution in [0.3, 0.4) is 0 Å². The fourth-order valence-corrected chi connectivity index (χ4v) is 2.25. The topological polar surface area (TPSA) is 29.9 Å². The van der Waals surface area contributed by atoms with E-state index in [4.69, 9.17) is 11.6 Å². The van der Waals surface area contributed by atoms with Crippen LogP contribution in [-0.4, -0.2) is 22.4 Å². The van der Waals surface area contributed by atoms with Crippen LogP contribution in [0, 0.1) is 0 Å². The van der Waals surface area contributed by atoms with E-state index < -0.39 is 0 Å². The molecule has 0 bridgehead atoms. The lowest BCUT2D eigenvalue weighted by molar-refractivity contribution is 0.460. The van der Waals surface area contributed by atoms with Gasteiger partial charge in [-0.3, -0.25) is 4.68 Å². The number of hydrogen-bond acceptors (Lipinski definition) is 2. The van der Waals surface area contributed by atoms with Gasteiger partial charge < -0.3 is 5.32 Å². The zero-order chi connectivity index (χ0) is 12.7. The van der Waals surface area contributed by atoms with Crippen LogP contribution in [0.4, 0.5) is 0 Å². The summed E-state index contributed by atoms with van der Waals surface area (Å²) in [7, 11) is 0. The summed E-state index contributed by atoms with van der Waals surface area (Å²) in [5, 5.41) is 8.63. The quantitative estimate of drug-likeness (QED) is 0.775. The number of aryl methyl sites for hydroxylation is 1. The van der Waals surface area contributed by atoms with E-state index >= 15 is 0 Å². The molecule has 0 aliphatic carbocycles. The summed E-state index contributed by atoms with van der Waals surface area (Å²) in [6.07, 6.45) is 6.23. The van der Waals surface area contributed by atoms with Crippen LogP contribution >= 0.6 is 11.6 Å². The number of rotatable bonds is 8. The average Bonchev–Trinajstić information content (AvgIpc) is 2.70. The SMILES string of the molecule is CCCNC(CC)CCc1c(Cl)cnn1CC. The van der Waals surface area contributed by atoms with Gasteiger partial charge in [0.25, 0.3) is 0 Å². The molecule has 0 fully saturated rings. The van der Waals surface area contributed by atoms with Crippen molar-refractivity contribution in [3.05, 3.63) is 16.9 Å². The van der Waals surface area contributed by atoms with Crippen molar-refractivity contribution in [2.24, 2.45) is 0 Å². The molecular weight excluding hydrogens is 234 g/mol. The Balaban J connectivity index is 2.49. The van der Waals surface area contributed by atoms with E-state index in [1.165, 1.54) is 12.1 Å². The first-order valence-corrected chi connectivity index (χ1v) is 7.04. The summed E-state index contributed by atoms with van der Waals surface area (Å²) in [4.78, 5) is 0. The number of halogens is 1. The van der Waals surface area contributed by atoms with Gasteiger partial charge in [0.15, 0.2) is 0 Å². The number of hydrogen-bond donors (Lipinski definition) is 1. The van der Waals surface area contributed by atoms with Crippen molar-refractivity contribution < 1.29 is 0 Å². The molecule has 1 unspecified atom stereocenters. The van der Waals surface area contributed by atoms with Crippen LogP contribution in [0.25, 0.3) is 0 Å². The summed E-state index contributed by atoms with van der Waals surface area (Å²) in [5.41, 5.74) is 1.17. The van der Waals surface area contributed by atoms with Gasteiger partial charge >= 0.3 is 0 Å². The highest BCUT2D eigenvalue weighted by Crippen LogP contribution is 2.18. The lowest BCUT2D eigenvalue weighted by Gasteiger charge is -2.16. The Labute approximate surface area is 110 Å². The van der Waals surface area contributed by atoms with E-state index in [0.29, 0.717) is 6.04 Å². The highest BCUT2D eigenvalue weighted by atomic mass is 35.5. The number of nitrogens with zero attached hydrogens (tertiary/aromatic N) is 2. The molecule has 0 saturated carbocycles. The van der Waals surface area contributed by atoms with E-state index in [1.807, 2.05) is 4.68 Å². The summed E-state index contributed by atoms with van der Waals surface area (Å²) in [6, 6.07) is 0.589. The molecule has 1 aromatic heterocycles. The Morgan fingerprint density at radius 2 is 2.18 bits per heavy atom. The average molecular weight is 258 g/mol. The van der Waals surface area contributed by atoms with Gasteiger partial charge in [-0.2, -0.15) is 5.10 Å². The molecule has 0 amide bonds. The van der Waals surface area contributed by atoms with Crippen LogP contribution in [0.1, 0.15) is 45.7 Å². The minimum Gasteiger partial charge on any atom is -0.314 e. The van der Waals surface area contributed by atoms with Gasteiger partial charge in [-0.25, -0.2) is 0 Å². The van der Waals surface area contributed by atoms with Gasteiger partial charge in [0.05, 0.1) is 16.9 Å². The highest BCUT2D eigenvalue weighted by Gasteiger charge is 2.11. The fraction of sp³-hybridized carbons (Fsp3) is 0.769. The summed E-state index contributed by atoms with van der Waals surface area (Å²) in [6.45, 7) is 8.51. The molecule has 0 aromatic carbocycles. The molecule has 0 aliphatic heterocycles. The van der Waals surface area contributed by atoms with Crippen molar-refractivity contribution in [1.29, 1.82) is 0 Å². The molecule has 1 aromatic rings. The minimum atomic E-state index is 0.589. The first kappa shape index (κ1) is 14.5.